The van der Waals surface area contributed by atoms with Gasteiger partial charge in [-0.25, -0.2) is 9.78 Å². The Hall–Kier alpha value is -3.40. The molecule has 1 amide bonds. The average Bonchev–Trinajstić information content (AvgIpc) is 3.24. The van der Waals surface area contributed by atoms with Gasteiger partial charge in [-0.15, -0.1) is 0 Å². The number of rotatable bonds is 7. The van der Waals surface area contributed by atoms with E-state index in [0.717, 1.165) is 11.0 Å². The molecule has 10 heteroatoms. The third kappa shape index (κ3) is 4.60. The fourth-order valence-corrected chi connectivity index (χ4v) is 3.09. The molecule has 2 aromatic rings. The monoisotopic (exact) mass is 415 g/mol. The normalized spacial score (nSPS) is 16.1. The van der Waals surface area contributed by atoms with Crippen molar-refractivity contribution in [3.05, 3.63) is 50.8 Å². The first-order valence-electron chi connectivity index (χ1n) is 9.77. The van der Waals surface area contributed by atoms with Crippen molar-refractivity contribution in [2.75, 3.05) is 24.3 Å². The lowest BCUT2D eigenvalue weighted by atomic mass is 10.2. The molecule has 1 aliphatic heterocycles. The molecule has 30 heavy (non-hydrogen) atoms. The molecule has 0 bridgehead atoms. The van der Waals surface area contributed by atoms with Crippen LogP contribution in [0.1, 0.15) is 25.8 Å². The van der Waals surface area contributed by atoms with E-state index in [-0.39, 0.29) is 30.7 Å². The van der Waals surface area contributed by atoms with Crippen LogP contribution in [0.15, 0.2) is 34.0 Å². The van der Waals surface area contributed by atoms with Crippen LogP contribution < -0.4 is 27.0 Å². The Morgan fingerprint density at radius 3 is 2.70 bits per heavy atom. The number of carbonyl (C=O) groups excluding carboxylic acids is 1. The van der Waals surface area contributed by atoms with E-state index in [1.54, 1.807) is 38.3 Å². The topological polar surface area (TPSA) is 130 Å². The molecule has 160 valence electrons. The number of hydrogen-bond donors (Lipinski definition) is 2. The Balaban J connectivity index is 1.71. The minimum Gasteiger partial charge on any atom is -0.472 e. The number of hydrogen-bond acceptors (Lipinski definition) is 7. The highest BCUT2D eigenvalue weighted by molar-refractivity contribution is 6.03. The molecule has 3 heterocycles. The van der Waals surface area contributed by atoms with Gasteiger partial charge in [0.15, 0.2) is 0 Å². The highest BCUT2D eigenvalue weighted by atomic mass is 16.5. The summed E-state index contributed by atoms with van der Waals surface area (Å²) in [4.78, 5) is 41.3. The lowest BCUT2D eigenvalue weighted by Gasteiger charge is -2.14. The second-order valence-corrected chi connectivity index (χ2v) is 6.69. The van der Waals surface area contributed by atoms with Crippen LogP contribution in [0.5, 0.6) is 5.88 Å². The minimum absolute atomic E-state index is 0.00804. The quantitative estimate of drug-likeness (QED) is 0.641. The highest BCUT2D eigenvalue weighted by Crippen LogP contribution is 2.15. The van der Waals surface area contributed by atoms with Crippen LogP contribution in [-0.4, -0.2) is 39.3 Å². The van der Waals surface area contributed by atoms with Crippen LogP contribution in [0.25, 0.3) is 6.08 Å². The second-order valence-electron chi connectivity index (χ2n) is 6.69. The zero-order valence-electron chi connectivity index (χ0n) is 17.0. The first-order chi connectivity index (χ1) is 14.4. The Morgan fingerprint density at radius 1 is 1.33 bits per heavy atom. The summed E-state index contributed by atoms with van der Waals surface area (Å²) in [7, 11) is 0. The summed E-state index contributed by atoms with van der Waals surface area (Å²) < 4.78 is 13.2. The Labute approximate surface area is 172 Å². The van der Waals surface area contributed by atoms with Crippen molar-refractivity contribution in [3.8, 4) is 5.88 Å². The number of ether oxygens (including phenoxy) is 2. The maximum absolute atomic E-state index is 12.5. The molecule has 1 atom stereocenters. The molecule has 0 saturated carbocycles. The van der Waals surface area contributed by atoms with Crippen molar-refractivity contribution in [2.24, 2.45) is 0 Å². The number of nitrogen functional groups attached to an aromatic ring is 1. The van der Waals surface area contributed by atoms with E-state index in [1.165, 1.54) is 10.6 Å². The summed E-state index contributed by atoms with van der Waals surface area (Å²) in [6, 6.07) is 3.47. The van der Waals surface area contributed by atoms with Crippen LogP contribution in [-0.2, 0) is 22.6 Å². The molecule has 10 nitrogen and oxygen atoms in total. The lowest BCUT2D eigenvalue weighted by Crippen LogP contribution is -2.42. The SMILES string of the molecule is CCn1c(N)c(NC(=O)/C=C/c2ccc(OC3CCOC3)nc2)c(=O)n(CC)c1=O. The van der Waals surface area contributed by atoms with Gasteiger partial charge in [0.25, 0.3) is 5.56 Å². The van der Waals surface area contributed by atoms with Gasteiger partial charge in [0.1, 0.15) is 17.6 Å². The molecule has 0 aromatic carbocycles. The summed E-state index contributed by atoms with van der Waals surface area (Å²) in [5.74, 6) is -0.133. The van der Waals surface area contributed by atoms with E-state index in [9.17, 15) is 14.4 Å². The Morgan fingerprint density at radius 2 is 2.10 bits per heavy atom. The number of nitrogens with zero attached hydrogens (tertiary/aromatic N) is 3. The molecule has 1 saturated heterocycles. The smallest absolute Gasteiger partial charge is 0.332 e. The Kier molecular flexibility index (Phi) is 6.68. The minimum atomic E-state index is -0.634. The van der Waals surface area contributed by atoms with Crippen molar-refractivity contribution in [1.29, 1.82) is 0 Å². The van der Waals surface area contributed by atoms with Gasteiger partial charge in [-0.05, 0) is 31.6 Å². The molecule has 3 rings (SSSR count). The fraction of sp³-hybridized carbons (Fsp3) is 0.400. The number of pyridine rings is 1. The third-order valence-corrected chi connectivity index (χ3v) is 4.71. The maximum Gasteiger partial charge on any atom is 0.332 e. The summed E-state index contributed by atoms with van der Waals surface area (Å²) in [6.45, 7) is 5.08. The molecule has 3 N–H and O–H groups in total. The zero-order valence-corrected chi connectivity index (χ0v) is 17.0. The molecule has 1 fully saturated rings. The highest BCUT2D eigenvalue weighted by Gasteiger charge is 2.18. The van der Waals surface area contributed by atoms with Crippen LogP contribution >= 0.6 is 0 Å². The van der Waals surface area contributed by atoms with E-state index in [1.807, 2.05) is 0 Å². The first-order valence-corrected chi connectivity index (χ1v) is 9.77. The Bertz CT molecular complexity index is 1050. The van der Waals surface area contributed by atoms with Crippen molar-refractivity contribution in [3.63, 3.8) is 0 Å². The standard InChI is InChI=1S/C20H25N5O5/c1-3-24-18(21)17(19(27)25(4-2)20(24)28)23-15(26)7-5-13-6-8-16(22-11-13)30-14-9-10-29-12-14/h5-8,11,14H,3-4,9-10,12,21H2,1-2H3,(H,23,26)/b7-5+. The van der Waals surface area contributed by atoms with Crippen LogP contribution in [0.3, 0.4) is 0 Å². The number of amides is 1. The number of aromatic nitrogens is 3. The number of anilines is 2. The molecule has 2 aromatic heterocycles. The molecule has 1 aliphatic rings. The van der Waals surface area contributed by atoms with E-state index in [4.69, 9.17) is 15.2 Å². The van der Waals surface area contributed by atoms with Crippen molar-refractivity contribution >= 4 is 23.5 Å². The van der Waals surface area contributed by atoms with Gasteiger partial charge >= 0.3 is 5.69 Å². The van der Waals surface area contributed by atoms with E-state index < -0.39 is 17.2 Å². The molecule has 0 aliphatic carbocycles. The maximum atomic E-state index is 12.5. The average molecular weight is 415 g/mol. The zero-order chi connectivity index (χ0) is 21.7. The van der Waals surface area contributed by atoms with E-state index >= 15 is 0 Å². The lowest BCUT2D eigenvalue weighted by molar-refractivity contribution is -0.111. The number of nitrogens with one attached hydrogen (secondary N) is 1. The molecule has 1 unspecified atom stereocenters. The van der Waals surface area contributed by atoms with Crippen LogP contribution in [0.4, 0.5) is 11.5 Å². The van der Waals surface area contributed by atoms with Gasteiger partial charge in [0.2, 0.25) is 11.8 Å². The van der Waals surface area contributed by atoms with Crippen LogP contribution in [0.2, 0.25) is 0 Å². The van der Waals surface area contributed by atoms with Gasteiger partial charge < -0.3 is 20.5 Å². The van der Waals surface area contributed by atoms with Crippen molar-refractivity contribution in [2.45, 2.75) is 39.5 Å². The predicted octanol–water partition coefficient (Wildman–Crippen LogP) is 0.847. The number of nitrogens with two attached hydrogens (primary N) is 1. The van der Waals surface area contributed by atoms with Gasteiger partial charge in [-0.2, -0.15) is 0 Å². The molecular weight excluding hydrogens is 390 g/mol. The van der Waals surface area contributed by atoms with Gasteiger partial charge in [0, 0.05) is 37.8 Å². The first kappa shape index (κ1) is 21.3. The molecular formula is C20H25N5O5. The summed E-state index contributed by atoms with van der Waals surface area (Å²) in [6.07, 6.45) is 5.23. The van der Waals surface area contributed by atoms with Crippen molar-refractivity contribution < 1.29 is 14.3 Å². The summed E-state index contributed by atoms with van der Waals surface area (Å²) in [5, 5.41) is 2.48. The fourth-order valence-electron chi connectivity index (χ4n) is 3.09. The predicted molar refractivity (Wildman–Crippen MR) is 112 cm³/mol. The van der Waals surface area contributed by atoms with Gasteiger partial charge in [-0.1, -0.05) is 0 Å². The van der Waals surface area contributed by atoms with E-state index in [0.29, 0.717) is 24.7 Å². The summed E-state index contributed by atoms with van der Waals surface area (Å²) >= 11 is 0. The molecule has 0 radical (unpaired) electrons. The van der Waals surface area contributed by atoms with Crippen molar-refractivity contribution in [1.82, 2.24) is 14.1 Å². The van der Waals surface area contributed by atoms with Gasteiger partial charge in [-0.3, -0.25) is 18.7 Å². The van der Waals surface area contributed by atoms with Gasteiger partial charge in [0.05, 0.1) is 13.2 Å². The molecule has 0 spiro atoms. The van der Waals surface area contributed by atoms with Crippen LogP contribution in [0, 0.1) is 0 Å². The van der Waals surface area contributed by atoms with E-state index in [2.05, 4.69) is 10.3 Å². The third-order valence-electron chi connectivity index (χ3n) is 4.71. The summed E-state index contributed by atoms with van der Waals surface area (Å²) in [5.41, 5.74) is 5.36. The largest absolute Gasteiger partial charge is 0.472 e. The number of carbonyl (C=O) groups is 1. The second kappa shape index (κ2) is 9.40.